The van der Waals surface area contributed by atoms with E-state index in [4.69, 9.17) is 5.73 Å². The van der Waals surface area contributed by atoms with Gasteiger partial charge in [-0.2, -0.15) is 0 Å². The predicted octanol–water partition coefficient (Wildman–Crippen LogP) is 1.97. The molecule has 1 aromatic heterocycles. The van der Waals surface area contributed by atoms with Crippen LogP contribution < -0.4 is 5.73 Å². The third-order valence-corrected chi connectivity index (χ3v) is 2.88. The van der Waals surface area contributed by atoms with Crippen LogP contribution >= 0.6 is 15.9 Å². The highest BCUT2D eigenvalue weighted by molar-refractivity contribution is 9.10. The molecule has 15 heavy (non-hydrogen) atoms. The Morgan fingerprint density at radius 2 is 2.27 bits per heavy atom. The SMILES string of the molecule is Cn1ccc2c(CC(N)=O)cc(Br)cc21. The van der Waals surface area contributed by atoms with Gasteiger partial charge < -0.3 is 10.3 Å². The zero-order chi connectivity index (χ0) is 11.0. The number of aromatic nitrogens is 1. The van der Waals surface area contributed by atoms with Gasteiger partial charge >= 0.3 is 0 Å². The first kappa shape index (κ1) is 10.2. The fraction of sp³-hybridized carbons (Fsp3) is 0.182. The number of fused-ring (bicyclic) bond motifs is 1. The van der Waals surface area contributed by atoms with Crippen LogP contribution in [-0.4, -0.2) is 10.5 Å². The van der Waals surface area contributed by atoms with Crippen LogP contribution in [0, 0.1) is 0 Å². The fourth-order valence-electron chi connectivity index (χ4n) is 1.74. The molecule has 1 aromatic carbocycles. The number of hydrogen-bond acceptors (Lipinski definition) is 1. The molecule has 0 fully saturated rings. The van der Waals surface area contributed by atoms with Gasteiger partial charge in [0.1, 0.15) is 0 Å². The molecular weight excluding hydrogens is 256 g/mol. The first-order valence-electron chi connectivity index (χ1n) is 4.59. The number of halogens is 1. The number of aryl methyl sites for hydroxylation is 1. The topological polar surface area (TPSA) is 48.0 Å². The van der Waals surface area contributed by atoms with E-state index in [1.807, 2.05) is 36.0 Å². The molecule has 2 N–H and O–H groups in total. The Morgan fingerprint density at radius 3 is 2.93 bits per heavy atom. The van der Waals surface area contributed by atoms with Gasteiger partial charge in [-0.3, -0.25) is 4.79 Å². The molecule has 0 spiro atoms. The second-order valence-corrected chi connectivity index (χ2v) is 4.48. The van der Waals surface area contributed by atoms with E-state index in [1.54, 1.807) is 0 Å². The molecule has 2 aromatic rings. The second-order valence-electron chi connectivity index (χ2n) is 3.57. The summed E-state index contributed by atoms with van der Waals surface area (Å²) >= 11 is 3.43. The minimum absolute atomic E-state index is 0.278. The van der Waals surface area contributed by atoms with Crippen LogP contribution in [0.3, 0.4) is 0 Å². The van der Waals surface area contributed by atoms with E-state index in [9.17, 15) is 4.79 Å². The lowest BCUT2D eigenvalue weighted by Gasteiger charge is -2.03. The maximum atomic E-state index is 10.9. The molecule has 0 saturated heterocycles. The maximum Gasteiger partial charge on any atom is 0.221 e. The van der Waals surface area contributed by atoms with E-state index in [-0.39, 0.29) is 12.3 Å². The van der Waals surface area contributed by atoms with E-state index in [2.05, 4.69) is 15.9 Å². The monoisotopic (exact) mass is 266 g/mol. The van der Waals surface area contributed by atoms with Crippen molar-refractivity contribution in [3.05, 3.63) is 34.4 Å². The minimum Gasteiger partial charge on any atom is -0.369 e. The normalized spacial score (nSPS) is 10.8. The highest BCUT2D eigenvalue weighted by atomic mass is 79.9. The van der Waals surface area contributed by atoms with E-state index in [1.165, 1.54) is 0 Å². The number of nitrogens with two attached hydrogens (primary N) is 1. The Morgan fingerprint density at radius 1 is 1.53 bits per heavy atom. The standard InChI is InChI=1S/C11H11BrN2O/c1-14-3-2-9-7(5-11(13)15)4-8(12)6-10(9)14/h2-4,6H,5H2,1H3,(H2,13,15). The van der Waals surface area contributed by atoms with Crippen molar-refractivity contribution >= 4 is 32.7 Å². The van der Waals surface area contributed by atoms with Gasteiger partial charge in [0.15, 0.2) is 0 Å². The molecule has 0 saturated carbocycles. The molecule has 1 amide bonds. The van der Waals surface area contributed by atoms with Crippen LogP contribution in [0.4, 0.5) is 0 Å². The van der Waals surface area contributed by atoms with Crippen LogP contribution in [0.5, 0.6) is 0 Å². The molecule has 0 bridgehead atoms. The largest absolute Gasteiger partial charge is 0.369 e. The fourth-order valence-corrected chi connectivity index (χ4v) is 2.24. The van der Waals surface area contributed by atoms with E-state index < -0.39 is 0 Å². The number of benzene rings is 1. The van der Waals surface area contributed by atoms with E-state index >= 15 is 0 Å². The number of primary amides is 1. The van der Waals surface area contributed by atoms with Crippen LogP contribution in [0.15, 0.2) is 28.9 Å². The second kappa shape index (κ2) is 3.70. The van der Waals surface area contributed by atoms with Gasteiger partial charge in [-0.25, -0.2) is 0 Å². The lowest BCUT2D eigenvalue weighted by atomic mass is 10.1. The number of carbonyl (C=O) groups is 1. The molecule has 2 rings (SSSR count). The highest BCUT2D eigenvalue weighted by Gasteiger charge is 2.08. The first-order valence-corrected chi connectivity index (χ1v) is 5.39. The van der Waals surface area contributed by atoms with Crippen molar-refractivity contribution < 1.29 is 4.79 Å². The van der Waals surface area contributed by atoms with Crippen LogP contribution in [0.1, 0.15) is 5.56 Å². The van der Waals surface area contributed by atoms with Crippen molar-refractivity contribution in [3.8, 4) is 0 Å². The zero-order valence-corrected chi connectivity index (χ0v) is 9.91. The first-order chi connectivity index (χ1) is 7.08. The van der Waals surface area contributed by atoms with Crippen molar-refractivity contribution in [1.82, 2.24) is 4.57 Å². The molecule has 0 aliphatic rings. The summed E-state index contributed by atoms with van der Waals surface area (Å²) < 4.78 is 2.98. The summed E-state index contributed by atoms with van der Waals surface area (Å²) in [6.07, 6.45) is 2.25. The molecule has 78 valence electrons. The Kier molecular flexibility index (Phi) is 2.52. The molecule has 0 aliphatic carbocycles. The summed E-state index contributed by atoms with van der Waals surface area (Å²) in [5, 5.41) is 1.08. The molecule has 3 nitrogen and oxygen atoms in total. The summed E-state index contributed by atoms with van der Waals surface area (Å²) in [4.78, 5) is 10.9. The molecule has 0 unspecified atom stereocenters. The van der Waals surface area contributed by atoms with Gasteiger partial charge in [-0.1, -0.05) is 15.9 Å². The van der Waals surface area contributed by atoms with Crippen molar-refractivity contribution in [3.63, 3.8) is 0 Å². The van der Waals surface area contributed by atoms with Crippen LogP contribution in [0.2, 0.25) is 0 Å². The van der Waals surface area contributed by atoms with Crippen LogP contribution in [0.25, 0.3) is 10.9 Å². The number of hydrogen-bond donors (Lipinski definition) is 1. The Hall–Kier alpha value is -1.29. The van der Waals surface area contributed by atoms with Gasteiger partial charge in [0, 0.05) is 28.6 Å². The summed E-state index contributed by atoms with van der Waals surface area (Å²) in [7, 11) is 1.98. The average Bonchev–Trinajstić information content (AvgIpc) is 2.47. The molecule has 4 heteroatoms. The van der Waals surface area contributed by atoms with Gasteiger partial charge in [0.2, 0.25) is 5.91 Å². The number of amides is 1. The summed E-state index contributed by atoms with van der Waals surface area (Å²) in [6, 6.07) is 5.97. The summed E-state index contributed by atoms with van der Waals surface area (Å²) in [5.74, 6) is -0.307. The maximum absolute atomic E-state index is 10.9. The van der Waals surface area contributed by atoms with Gasteiger partial charge in [0.05, 0.1) is 6.42 Å². The molecule has 1 heterocycles. The zero-order valence-electron chi connectivity index (χ0n) is 8.33. The smallest absolute Gasteiger partial charge is 0.221 e. The van der Waals surface area contributed by atoms with Crippen molar-refractivity contribution in [2.45, 2.75) is 6.42 Å². The third kappa shape index (κ3) is 1.90. The lowest BCUT2D eigenvalue weighted by molar-refractivity contribution is -0.117. The average molecular weight is 267 g/mol. The predicted molar refractivity (Wildman–Crippen MR) is 63.5 cm³/mol. The summed E-state index contributed by atoms with van der Waals surface area (Å²) in [6.45, 7) is 0. The Balaban J connectivity index is 2.66. The third-order valence-electron chi connectivity index (χ3n) is 2.42. The molecular formula is C11H11BrN2O. The quantitative estimate of drug-likeness (QED) is 0.888. The number of carbonyl (C=O) groups excluding carboxylic acids is 1. The Bertz CT molecular complexity index is 531. The highest BCUT2D eigenvalue weighted by Crippen LogP contribution is 2.25. The lowest BCUT2D eigenvalue weighted by Crippen LogP contribution is -2.13. The van der Waals surface area contributed by atoms with Gasteiger partial charge in [0.25, 0.3) is 0 Å². The molecule has 0 radical (unpaired) electrons. The van der Waals surface area contributed by atoms with Crippen molar-refractivity contribution in [1.29, 1.82) is 0 Å². The summed E-state index contributed by atoms with van der Waals surface area (Å²) in [5.41, 5.74) is 7.27. The van der Waals surface area contributed by atoms with Crippen molar-refractivity contribution in [2.24, 2.45) is 12.8 Å². The Labute approximate surface area is 96.0 Å². The number of rotatable bonds is 2. The van der Waals surface area contributed by atoms with Crippen LogP contribution in [-0.2, 0) is 18.3 Å². The van der Waals surface area contributed by atoms with Crippen molar-refractivity contribution in [2.75, 3.05) is 0 Å². The molecule has 0 atom stereocenters. The van der Waals surface area contributed by atoms with E-state index in [0.29, 0.717) is 0 Å². The minimum atomic E-state index is -0.307. The van der Waals surface area contributed by atoms with Gasteiger partial charge in [-0.05, 0) is 23.8 Å². The van der Waals surface area contributed by atoms with Gasteiger partial charge in [-0.15, -0.1) is 0 Å². The number of nitrogens with zero attached hydrogens (tertiary/aromatic N) is 1. The molecule has 0 aliphatic heterocycles. The van der Waals surface area contributed by atoms with E-state index in [0.717, 1.165) is 20.9 Å².